The summed E-state index contributed by atoms with van der Waals surface area (Å²) in [6.07, 6.45) is -0.520. The molecule has 0 radical (unpaired) electrons. The second-order valence-electron chi connectivity index (χ2n) is 31.7. The highest BCUT2D eigenvalue weighted by molar-refractivity contribution is 6.45. The third-order valence-electron chi connectivity index (χ3n) is 23.2. The van der Waals surface area contributed by atoms with Crippen molar-refractivity contribution in [3.05, 3.63) is 319 Å². The number of rotatable bonds is 18. The maximum Gasteiger partial charge on any atom is 0.335 e. The van der Waals surface area contributed by atoms with E-state index >= 15 is 28.8 Å². The molecule has 580 valence electrons. The molecule has 0 spiro atoms. The number of esters is 2. The van der Waals surface area contributed by atoms with Crippen molar-refractivity contribution >= 4 is 123 Å². The summed E-state index contributed by atoms with van der Waals surface area (Å²) >= 11 is 0. The van der Waals surface area contributed by atoms with Crippen LogP contribution in [0.25, 0.3) is 87.0 Å². The van der Waals surface area contributed by atoms with Gasteiger partial charge < -0.3 is 37.3 Å². The quantitative estimate of drug-likeness (QED) is 0.0259. The first-order valence-electron chi connectivity index (χ1n) is 39.4. The monoisotopic (exact) mass is 1550 g/mol. The van der Waals surface area contributed by atoms with E-state index in [0.29, 0.717) is 89.8 Å². The number of nitrogens with zero attached hydrogens (tertiary/aromatic N) is 2. The molecule has 0 bridgehead atoms. The zero-order valence-electron chi connectivity index (χ0n) is 67.0. The van der Waals surface area contributed by atoms with Gasteiger partial charge in [0.15, 0.2) is 0 Å². The molecule has 4 amide bonds. The van der Waals surface area contributed by atoms with Crippen LogP contribution in [-0.2, 0) is 22.4 Å². The summed E-state index contributed by atoms with van der Waals surface area (Å²) in [5.74, 6) is -3.04. The van der Waals surface area contributed by atoms with Gasteiger partial charge in [-0.3, -0.25) is 29.0 Å². The van der Waals surface area contributed by atoms with Crippen LogP contribution in [0.5, 0.6) is 57.5 Å². The van der Waals surface area contributed by atoms with E-state index in [0.717, 1.165) is 64.7 Å². The third kappa shape index (κ3) is 12.3. The summed E-state index contributed by atoms with van der Waals surface area (Å²) < 4.78 is 56.2. The lowest BCUT2D eigenvalue weighted by Crippen LogP contribution is -2.53. The van der Waals surface area contributed by atoms with Crippen LogP contribution in [0.3, 0.4) is 0 Å². The third-order valence-corrected chi connectivity index (χ3v) is 23.2. The molecule has 2 atom stereocenters. The number of aryl methyl sites for hydroxylation is 12. The van der Waals surface area contributed by atoms with Crippen LogP contribution in [0.1, 0.15) is 119 Å². The van der Waals surface area contributed by atoms with Crippen molar-refractivity contribution in [3.63, 3.8) is 0 Å². The van der Waals surface area contributed by atoms with Crippen molar-refractivity contribution in [2.45, 2.75) is 108 Å². The Bertz CT molecular complexity index is 6610. The summed E-state index contributed by atoms with van der Waals surface area (Å²) in [5.41, 5.74) is 12.7. The lowest BCUT2D eigenvalue weighted by atomic mass is 9.80. The zero-order valence-corrected chi connectivity index (χ0v) is 67.0. The van der Waals surface area contributed by atoms with E-state index in [2.05, 4.69) is 0 Å². The molecule has 16 heteroatoms. The van der Waals surface area contributed by atoms with Gasteiger partial charge in [-0.05, 0) is 200 Å². The average molecular weight is 1560 g/mol. The minimum Gasteiger partial charge on any atom is -0.456 e. The molecular formula is C102H78N2O14. The second-order valence-corrected chi connectivity index (χ2v) is 31.7. The Hall–Kier alpha value is -14.4. The highest BCUT2D eigenvalue weighted by Crippen LogP contribution is 2.59. The SMILES string of the molecule is Cc1ccc(OC(=O)C(Cc2cccc3c2oc2ccccc23)N2C(=O)c3cc(Oc4ccc(C)cc4C)c4c5c(Oc6ccc(C)cc6C)cc6c7c(cc(Oc8ccc(C)cc8C)c(c8c(Oc9ccc(C)cc9C)cc(c3c48)C2=O)c75)C(=O)N(C(Cc2cccc3c2oc2ccccc23)C(=O)Oc2ccc(C)cc2C)C6=O)c(C)c1. The minimum atomic E-state index is -1.67. The Morgan fingerprint density at radius 2 is 0.542 bits per heavy atom. The maximum atomic E-state index is 17.1. The fraction of sp³-hybridized carbons (Fsp3) is 0.157. The predicted octanol–water partition coefficient (Wildman–Crippen LogP) is 24.0. The summed E-state index contributed by atoms with van der Waals surface area (Å²) in [6.45, 7) is 23.0. The van der Waals surface area contributed by atoms with Crippen molar-refractivity contribution in [2.75, 3.05) is 0 Å². The molecule has 118 heavy (non-hydrogen) atoms. The number of hydrogen-bond acceptors (Lipinski definition) is 14. The first-order chi connectivity index (χ1) is 56.9. The molecule has 0 N–H and O–H groups in total. The Morgan fingerprint density at radius 1 is 0.280 bits per heavy atom. The van der Waals surface area contributed by atoms with Gasteiger partial charge in [-0.25, -0.2) is 9.59 Å². The number of benzene rings is 15. The fourth-order valence-electron chi connectivity index (χ4n) is 17.7. The van der Waals surface area contributed by atoms with Crippen molar-refractivity contribution in [3.8, 4) is 57.5 Å². The van der Waals surface area contributed by atoms with Crippen LogP contribution in [0.2, 0.25) is 0 Å². The molecule has 2 aliphatic rings. The van der Waals surface area contributed by atoms with Crippen LogP contribution in [0.4, 0.5) is 0 Å². The van der Waals surface area contributed by atoms with Crippen LogP contribution in [0.15, 0.2) is 227 Å². The van der Waals surface area contributed by atoms with Crippen LogP contribution < -0.4 is 28.4 Å². The van der Waals surface area contributed by atoms with Gasteiger partial charge in [0.25, 0.3) is 23.6 Å². The van der Waals surface area contributed by atoms with E-state index in [4.69, 9.17) is 37.3 Å². The Kier molecular flexibility index (Phi) is 17.7. The average Bonchev–Trinajstić information content (AvgIpc) is 0.946. The van der Waals surface area contributed by atoms with Gasteiger partial charge in [-0.2, -0.15) is 0 Å². The number of carbonyl (C=O) groups excluding carboxylic acids is 6. The summed E-state index contributed by atoms with van der Waals surface area (Å²) in [4.78, 5) is 102. The fourth-order valence-corrected chi connectivity index (χ4v) is 17.7. The molecule has 15 aromatic carbocycles. The minimum absolute atomic E-state index is 0.0421. The number of para-hydroxylation sites is 4. The van der Waals surface area contributed by atoms with E-state index < -0.39 is 47.7 Å². The van der Waals surface area contributed by atoms with Crippen molar-refractivity contribution in [2.24, 2.45) is 0 Å². The van der Waals surface area contributed by atoms with Crippen LogP contribution in [0, 0.1) is 83.1 Å². The second kappa shape index (κ2) is 28.3. The Balaban J connectivity index is 0.933. The molecule has 4 heterocycles. The molecule has 0 fully saturated rings. The van der Waals surface area contributed by atoms with Gasteiger partial charge in [-0.15, -0.1) is 0 Å². The maximum absolute atomic E-state index is 17.1. The number of amides is 4. The van der Waals surface area contributed by atoms with Gasteiger partial charge >= 0.3 is 11.9 Å². The van der Waals surface area contributed by atoms with E-state index in [9.17, 15) is 0 Å². The Morgan fingerprint density at radius 3 is 0.822 bits per heavy atom. The molecular weight excluding hydrogens is 1480 g/mol. The molecule has 0 saturated heterocycles. The molecule has 19 rings (SSSR count). The smallest absolute Gasteiger partial charge is 0.335 e. The van der Waals surface area contributed by atoms with Crippen molar-refractivity contribution in [1.29, 1.82) is 0 Å². The number of ether oxygens (including phenoxy) is 6. The standard InChI is InChI=1S/C102H78N2O14/c1-51-27-33-75(57(7)39-51)111-83-47-69-87-70(98(106)103(97(69)105)73(101(109)117-79-37-31-55(5)43-61(79)11)45-63-19-17-23-67-65-21-13-15-25-81(65)115-95(63)67)49-85(113-77-35-29-53(3)41-59(77)9)91-92-86(114-78-36-30-54(4)42-60(78)10)50-72-88-71(48-84(90(94(88)92)89(83)93(87)91)112-76-34-28-52(2)40-58(76)8)99(107)104(100(72)108)74(102(110)118-80-38-32-56(6)44-62(80)12)46-64-20-18-24-68-66-22-14-16-26-82(66)116-96(64)68/h13-44,47-50,73-74H,45-46H2,1-12H3. The van der Waals surface area contributed by atoms with Crippen molar-refractivity contribution in [1.82, 2.24) is 9.80 Å². The van der Waals surface area contributed by atoms with Gasteiger partial charge in [-0.1, -0.05) is 179 Å². The largest absolute Gasteiger partial charge is 0.456 e. The molecule has 2 aliphatic heterocycles. The molecule has 2 unspecified atom stereocenters. The van der Waals surface area contributed by atoms with E-state index in [1.807, 2.05) is 265 Å². The Labute approximate surface area is 678 Å². The van der Waals surface area contributed by atoms with Gasteiger partial charge in [0, 0.05) is 77.5 Å². The summed E-state index contributed by atoms with van der Waals surface area (Å²) in [5, 5.41) is 5.06. The molecule has 16 nitrogen and oxygen atoms in total. The lowest BCUT2D eigenvalue weighted by molar-refractivity contribution is -0.139. The molecule has 2 aromatic heterocycles. The van der Waals surface area contributed by atoms with E-state index in [1.54, 1.807) is 36.4 Å². The highest BCUT2D eigenvalue weighted by Gasteiger charge is 2.48. The molecule has 0 aliphatic carbocycles. The van der Waals surface area contributed by atoms with Gasteiger partial charge in [0.05, 0.1) is 22.3 Å². The number of furan rings is 2. The van der Waals surface area contributed by atoms with E-state index in [1.165, 1.54) is 0 Å². The normalized spacial score (nSPS) is 13.4. The summed E-state index contributed by atoms with van der Waals surface area (Å²) in [7, 11) is 0. The number of fused-ring (bicyclic) bond motifs is 8. The highest BCUT2D eigenvalue weighted by atomic mass is 16.5. The topological polar surface area (TPSA) is 191 Å². The number of carbonyl (C=O) groups is 6. The van der Waals surface area contributed by atoms with Gasteiger partial charge in [0.1, 0.15) is 91.9 Å². The molecule has 0 saturated carbocycles. The van der Waals surface area contributed by atoms with Crippen LogP contribution in [-0.4, -0.2) is 57.5 Å². The lowest BCUT2D eigenvalue weighted by Gasteiger charge is -2.35. The first kappa shape index (κ1) is 73.8. The van der Waals surface area contributed by atoms with Crippen molar-refractivity contribution < 1.29 is 66.0 Å². The molecule has 17 aromatic rings. The summed E-state index contributed by atoms with van der Waals surface area (Å²) in [6, 6.07) is 63.2. The number of hydrogen-bond donors (Lipinski definition) is 0. The predicted molar refractivity (Wildman–Crippen MR) is 458 cm³/mol. The van der Waals surface area contributed by atoms with E-state index in [-0.39, 0.29) is 113 Å². The zero-order chi connectivity index (χ0) is 81.7. The van der Waals surface area contributed by atoms with Gasteiger partial charge in [0.2, 0.25) is 0 Å². The first-order valence-corrected chi connectivity index (χ1v) is 39.4. The van der Waals surface area contributed by atoms with Crippen LogP contribution >= 0.6 is 0 Å². The number of imide groups is 2.